The van der Waals surface area contributed by atoms with Gasteiger partial charge in [0.15, 0.2) is 0 Å². The van der Waals surface area contributed by atoms with Gasteiger partial charge in [0.2, 0.25) is 0 Å². The van der Waals surface area contributed by atoms with E-state index in [1.54, 1.807) is 0 Å². The first-order valence-corrected chi connectivity index (χ1v) is 22.6. The first kappa shape index (κ1) is 37.4. The van der Waals surface area contributed by atoms with Gasteiger partial charge < -0.3 is 9.32 Å². The van der Waals surface area contributed by atoms with Crippen molar-refractivity contribution in [1.82, 2.24) is 0 Å². The Labute approximate surface area is 378 Å². The molecule has 306 valence electrons. The highest BCUT2D eigenvalue weighted by Gasteiger charge is 2.37. The summed E-state index contributed by atoms with van der Waals surface area (Å²) in [5.74, 6) is 0. The third-order valence-corrected chi connectivity index (χ3v) is 14.1. The fraction of sp³-hybridized carbons (Fsp3) is 0.0476. The Kier molecular flexibility index (Phi) is 8.29. The summed E-state index contributed by atoms with van der Waals surface area (Å²) in [5, 5.41) is 9.58. The first-order valence-electron chi connectivity index (χ1n) is 22.6. The molecule has 65 heavy (non-hydrogen) atoms. The highest BCUT2D eigenvalue weighted by atomic mass is 16.3. The molecular formula is C63H43NO. The Morgan fingerprint density at radius 3 is 1.60 bits per heavy atom. The fourth-order valence-electron chi connectivity index (χ4n) is 11.0. The summed E-state index contributed by atoms with van der Waals surface area (Å²) < 4.78 is 6.95. The van der Waals surface area contributed by atoms with Crippen LogP contribution in [0.15, 0.2) is 229 Å². The third-order valence-electron chi connectivity index (χ3n) is 14.1. The minimum Gasteiger partial charge on any atom is -0.455 e. The van der Waals surface area contributed by atoms with E-state index < -0.39 is 0 Å². The van der Waals surface area contributed by atoms with E-state index in [0.29, 0.717) is 0 Å². The van der Waals surface area contributed by atoms with Gasteiger partial charge in [-0.2, -0.15) is 0 Å². The van der Waals surface area contributed by atoms with Crippen LogP contribution in [-0.2, 0) is 5.41 Å². The van der Waals surface area contributed by atoms with Crippen molar-refractivity contribution in [2.45, 2.75) is 19.3 Å². The van der Waals surface area contributed by atoms with Crippen LogP contribution in [0.25, 0.3) is 98.8 Å². The van der Waals surface area contributed by atoms with E-state index in [4.69, 9.17) is 4.42 Å². The first-order chi connectivity index (χ1) is 32.0. The van der Waals surface area contributed by atoms with Crippen LogP contribution in [-0.4, -0.2) is 0 Å². The second-order valence-corrected chi connectivity index (χ2v) is 18.0. The largest absolute Gasteiger partial charge is 0.455 e. The van der Waals surface area contributed by atoms with Crippen molar-refractivity contribution in [3.05, 3.63) is 236 Å². The summed E-state index contributed by atoms with van der Waals surface area (Å²) in [6.07, 6.45) is 0. The zero-order valence-electron chi connectivity index (χ0n) is 36.2. The molecule has 2 heteroatoms. The molecule has 0 aliphatic heterocycles. The minimum atomic E-state index is -0.116. The number of furan rings is 1. The number of rotatable bonds is 6. The van der Waals surface area contributed by atoms with Crippen molar-refractivity contribution >= 4 is 71.3 Å². The van der Waals surface area contributed by atoms with Gasteiger partial charge >= 0.3 is 0 Å². The van der Waals surface area contributed by atoms with Crippen LogP contribution in [0.5, 0.6) is 0 Å². The molecule has 0 saturated carbocycles. The van der Waals surface area contributed by atoms with E-state index in [1.807, 2.05) is 0 Å². The van der Waals surface area contributed by atoms with Gasteiger partial charge in [-0.25, -0.2) is 0 Å². The number of para-hydroxylation sites is 2. The Balaban J connectivity index is 0.975. The summed E-state index contributed by atoms with van der Waals surface area (Å²) in [4.78, 5) is 2.41. The standard InChI is InChI=1S/C63H43NO/c1-63(2)58-26-9-7-18-52(58)54-23-12-21-48(60(54)63)43-30-36-45(37-31-43)64(44-34-28-42(29-35-44)47-20-11-22-50-46-16-5-3-14-40(46)32-38-51(47)50)59-27-10-8-19-53(59)55-24-13-25-56-57-39-33-41-15-4-6-17-49(41)61(57)65-62(55)56/h3-39H,1-2H3. The summed E-state index contributed by atoms with van der Waals surface area (Å²) >= 11 is 0. The summed E-state index contributed by atoms with van der Waals surface area (Å²) in [6.45, 7) is 4.73. The molecule has 0 saturated heterocycles. The van der Waals surface area contributed by atoms with Crippen LogP contribution < -0.4 is 4.90 Å². The lowest BCUT2D eigenvalue weighted by Gasteiger charge is -2.28. The molecule has 0 N–H and O–H groups in total. The predicted octanol–water partition coefficient (Wildman–Crippen LogP) is 17.8. The molecule has 11 aromatic carbocycles. The maximum atomic E-state index is 6.95. The molecular weight excluding hydrogens is 787 g/mol. The van der Waals surface area contributed by atoms with Gasteiger partial charge in [-0.05, 0) is 108 Å². The zero-order valence-corrected chi connectivity index (χ0v) is 36.2. The molecule has 12 aromatic rings. The number of benzene rings is 11. The fourth-order valence-corrected chi connectivity index (χ4v) is 11.0. The quantitative estimate of drug-likeness (QED) is 0.155. The van der Waals surface area contributed by atoms with E-state index in [-0.39, 0.29) is 5.41 Å². The van der Waals surface area contributed by atoms with Gasteiger partial charge in [0.1, 0.15) is 11.2 Å². The number of anilines is 3. The number of hydrogen-bond acceptors (Lipinski definition) is 2. The molecule has 0 bridgehead atoms. The van der Waals surface area contributed by atoms with Crippen LogP contribution in [0.1, 0.15) is 25.0 Å². The average molecular weight is 830 g/mol. The van der Waals surface area contributed by atoms with Gasteiger partial charge in [0, 0.05) is 44.1 Å². The third kappa shape index (κ3) is 5.74. The van der Waals surface area contributed by atoms with Crippen molar-refractivity contribution in [2.24, 2.45) is 0 Å². The molecule has 1 heterocycles. The van der Waals surface area contributed by atoms with Crippen molar-refractivity contribution in [3.63, 3.8) is 0 Å². The highest BCUT2D eigenvalue weighted by molar-refractivity contribution is 6.18. The maximum Gasteiger partial charge on any atom is 0.143 e. The lowest BCUT2D eigenvalue weighted by Crippen LogP contribution is -2.16. The van der Waals surface area contributed by atoms with Crippen LogP contribution in [0.2, 0.25) is 0 Å². The van der Waals surface area contributed by atoms with Crippen molar-refractivity contribution in [1.29, 1.82) is 0 Å². The highest BCUT2D eigenvalue weighted by Crippen LogP contribution is 2.53. The monoisotopic (exact) mass is 829 g/mol. The lowest BCUT2D eigenvalue weighted by molar-refractivity contribution is 0.662. The van der Waals surface area contributed by atoms with Crippen molar-refractivity contribution in [2.75, 3.05) is 4.90 Å². The van der Waals surface area contributed by atoms with Crippen LogP contribution in [0.3, 0.4) is 0 Å². The molecule has 1 aromatic heterocycles. The smallest absolute Gasteiger partial charge is 0.143 e. The van der Waals surface area contributed by atoms with E-state index in [0.717, 1.165) is 55.5 Å². The van der Waals surface area contributed by atoms with Crippen LogP contribution in [0.4, 0.5) is 17.1 Å². The number of nitrogens with zero attached hydrogens (tertiary/aromatic N) is 1. The maximum absolute atomic E-state index is 6.95. The van der Waals surface area contributed by atoms with E-state index in [2.05, 4.69) is 243 Å². The van der Waals surface area contributed by atoms with Gasteiger partial charge in [0.05, 0.1) is 5.69 Å². The second kappa shape index (κ2) is 14.4. The predicted molar refractivity (Wildman–Crippen MR) is 275 cm³/mol. The molecule has 0 fully saturated rings. The number of hydrogen-bond donors (Lipinski definition) is 0. The summed E-state index contributed by atoms with van der Waals surface area (Å²) in [7, 11) is 0. The van der Waals surface area contributed by atoms with Gasteiger partial charge in [-0.3, -0.25) is 0 Å². The van der Waals surface area contributed by atoms with Crippen LogP contribution >= 0.6 is 0 Å². The Morgan fingerprint density at radius 2 is 0.831 bits per heavy atom. The van der Waals surface area contributed by atoms with Crippen molar-refractivity contribution in [3.8, 4) is 44.5 Å². The topological polar surface area (TPSA) is 16.4 Å². The van der Waals surface area contributed by atoms with Gasteiger partial charge in [-0.15, -0.1) is 0 Å². The molecule has 0 unspecified atom stereocenters. The molecule has 1 aliphatic carbocycles. The Hall–Kier alpha value is -8.20. The van der Waals surface area contributed by atoms with Crippen LogP contribution in [0, 0.1) is 0 Å². The van der Waals surface area contributed by atoms with Gasteiger partial charge in [0.25, 0.3) is 0 Å². The van der Waals surface area contributed by atoms with E-state index >= 15 is 0 Å². The Bertz CT molecular complexity index is 3850. The minimum absolute atomic E-state index is 0.116. The molecule has 2 nitrogen and oxygen atoms in total. The SMILES string of the molecule is CC1(C)c2ccccc2-c2cccc(-c3ccc(N(c4ccc(-c5cccc6c5ccc5ccccc56)cc4)c4ccccc4-c4cccc5c4oc4c6ccccc6ccc54)cc3)c21. The van der Waals surface area contributed by atoms with Crippen molar-refractivity contribution < 1.29 is 4.42 Å². The summed E-state index contributed by atoms with van der Waals surface area (Å²) in [5.41, 5.74) is 17.4. The van der Waals surface area contributed by atoms with E-state index in [9.17, 15) is 0 Å². The molecule has 13 rings (SSSR count). The second-order valence-electron chi connectivity index (χ2n) is 18.0. The molecule has 0 radical (unpaired) electrons. The average Bonchev–Trinajstić information content (AvgIpc) is 3.87. The van der Waals surface area contributed by atoms with E-state index in [1.165, 1.54) is 71.4 Å². The molecule has 0 amide bonds. The Morgan fingerprint density at radius 1 is 0.323 bits per heavy atom. The molecule has 0 spiro atoms. The molecule has 1 aliphatic rings. The van der Waals surface area contributed by atoms with Gasteiger partial charge in [-0.1, -0.05) is 202 Å². The summed E-state index contributed by atoms with van der Waals surface area (Å²) in [6, 6.07) is 82.0. The number of fused-ring (bicyclic) bond motifs is 11. The normalized spacial score (nSPS) is 12.9. The lowest BCUT2D eigenvalue weighted by atomic mass is 9.79. The molecule has 0 atom stereocenters. The zero-order chi connectivity index (χ0) is 43.2.